The molecule has 0 saturated carbocycles. The van der Waals surface area contributed by atoms with Gasteiger partial charge in [0.2, 0.25) is 0 Å². The largest absolute Gasteiger partial charge is 0.326 e. The summed E-state index contributed by atoms with van der Waals surface area (Å²) in [5.41, 5.74) is 7.63. The van der Waals surface area contributed by atoms with Crippen LogP contribution in [0.3, 0.4) is 0 Å². The maximum atomic E-state index is 11.4. The fourth-order valence-electron chi connectivity index (χ4n) is 1.71. The summed E-state index contributed by atoms with van der Waals surface area (Å²) in [7, 11) is -3.15. The molecule has 20 heavy (non-hydrogen) atoms. The van der Waals surface area contributed by atoms with Gasteiger partial charge >= 0.3 is 0 Å². The Bertz CT molecular complexity index is 710. The van der Waals surface area contributed by atoms with Crippen LogP contribution in [-0.4, -0.2) is 19.7 Å². The number of nitrogens with two attached hydrogens (primary N) is 1. The van der Waals surface area contributed by atoms with Crippen molar-refractivity contribution in [2.75, 3.05) is 6.26 Å². The molecule has 0 radical (unpaired) electrons. The van der Waals surface area contributed by atoms with Gasteiger partial charge in [0, 0.05) is 23.9 Å². The predicted molar refractivity (Wildman–Crippen MR) is 80.5 cm³/mol. The number of benzene rings is 1. The van der Waals surface area contributed by atoms with Gasteiger partial charge in [-0.05, 0) is 42.3 Å². The lowest BCUT2D eigenvalue weighted by molar-refractivity contribution is 0.602. The molecule has 0 saturated heterocycles. The van der Waals surface area contributed by atoms with E-state index in [2.05, 4.69) is 4.98 Å². The smallest absolute Gasteiger partial charge is 0.175 e. The summed E-state index contributed by atoms with van der Waals surface area (Å²) in [6.45, 7) is 2.46. The van der Waals surface area contributed by atoms with Crippen LogP contribution in [0.15, 0.2) is 51.3 Å². The second-order valence-electron chi connectivity index (χ2n) is 4.52. The molecule has 0 atom stereocenters. The Morgan fingerprint density at radius 1 is 1.25 bits per heavy atom. The number of rotatable bonds is 4. The molecule has 0 spiro atoms. The molecule has 2 rings (SSSR count). The van der Waals surface area contributed by atoms with Crippen molar-refractivity contribution in [3.8, 4) is 0 Å². The van der Waals surface area contributed by atoms with Crippen molar-refractivity contribution >= 4 is 21.6 Å². The van der Waals surface area contributed by atoms with Crippen LogP contribution in [0.1, 0.15) is 11.1 Å². The minimum atomic E-state index is -3.15. The van der Waals surface area contributed by atoms with Crippen LogP contribution in [0, 0.1) is 6.92 Å². The van der Waals surface area contributed by atoms with Crippen LogP contribution in [0.4, 0.5) is 0 Å². The average Bonchev–Trinajstić information content (AvgIpc) is 2.40. The van der Waals surface area contributed by atoms with Crippen molar-refractivity contribution in [3.05, 3.63) is 47.7 Å². The molecule has 0 aliphatic carbocycles. The first-order valence-corrected chi connectivity index (χ1v) is 8.74. The third-order valence-corrected chi connectivity index (χ3v) is 5.05. The molecular formula is C14H16N2O2S2. The minimum absolute atomic E-state index is 0.324. The summed E-state index contributed by atoms with van der Waals surface area (Å²) in [4.78, 5) is 5.66. The Balaban J connectivity index is 2.22. The first-order chi connectivity index (χ1) is 9.40. The predicted octanol–water partition coefficient (Wildman–Crippen LogP) is 2.40. The van der Waals surface area contributed by atoms with E-state index in [9.17, 15) is 8.42 Å². The van der Waals surface area contributed by atoms with Crippen molar-refractivity contribution < 1.29 is 8.42 Å². The van der Waals surface area contributed by atoms with Gasteiger partial charge < -0.3 is 5.73 Å². The zero-order valence-corrected chi connectivity index (χ0v) is 13.0. The maximum Gasteiger partial charge on any atom is 0.175 e. The molecule has 0 amide bonds. The van der Waals surface area contributed by atoms with Crippen molar-refractivity contribution in [3.63, 3.8) is 0 Å². The van der Waals surface area contributed by atoms with Crippen LogP contribution in [-0.2, 0) is 16.4 Å². The summed E-state index contributed by atoms with van der Waals surface area (Å²) < 4.78 is 22.8. The summed E-state index contributed by atoms with van der Waals surface area (Å²) in [6, 6.07) is 8.82. The highest BCUT2D eigenvalue weighted by Crippen LogP contribution is 2.29. The van der Waals surface area contributed by atoms with E-state index in [1.165, 1.54) is 18.0 Å². The molecule has 2 N–H and O–H groups in total. The highest BCUT2D eigenvalue weighted by Gasteiger charge is 2.08. The van der Waals surface area contributed by atoms with Gasteiger partial charge in [-0.1, -0.05) is 17.8 Å². The number of pyridine rings is 1. The fourth-order valence-corrected chi connectivity index (χ4v) is 3.16. The second kappa shape index (κ2) is 5.95. The van der Waals surface area contributed by atoms with E-state index in [1.807, 2.05) is 13.0 Å². The fraction of sp³-hybridized carbons (Fsp3) is 0.214. The maximum absolute atomic E-state index is 11.4. The van der Waals surface area contributed by atoms with Gasteiger partial charge in [0.05, 0.1) is 4.90 Å². The van der Waals surface area contributed by atoms with Crippen molar-refractivity contribution in [2.24, 2.45) is 5.73 Å². The lowest BCUT2D eigenvalue weighted by Crippen LogP contribution is -1.98. The Morgan fingerprint density at radius 2 is 1.90 bits per heavy atom. The molecule has 0 aliphatic rings. The van der Waals surface area contributed by atoms with E-state index < -0.39 is 9.84 Å². The van der Waals surface area contributed by atoms with Crippen LogP contribution in [0.25, 0.3) is 0 Å². The highest BCUT2D eigenvalue weighted by molar-refractivity contribution is 7.99. The van der Waals surface area contributed by atoms with E-state index in [0.29, 0.717) is 11.4 Å². The van der Waals surface area contributed by atoms with Gasteiger partial charge in [-0.25, -0.2) is 13.4 Å². The highest BCUT2D eigenvalue weighted by atomic mass is 32.2. The topological polar surface area (TPSA) is 73.0 Å². The summed E-state index contributed by atoms with van der Waals surface area (Å²) in [6.07, 6.45) is 2.96. The third-order valence-electron chi connectivity index (χ3n) is 2.79. The van der Waals surface area contributed by atoms with E-state index in [0.717, 1.165) is 21.0 Å². The third kappa shape index (κ3) is 3.59. The standard InChI is InChI=1S/C14H16N2O2S2/c1-10-7-11(8-15)9-16-14(10)19-12-3-5-13(6-4-12)20(2,17)18/h3-7,9H,8,15H2,1-2H3. The van der Waals surface area contributed by atoms with E-state index in [1.54, 1.807) is 30.5 Å². The molecule has 0 unspecified atom stereocenters. The van der Waals surface area contributed by atoms with Crippen molar-refractivity contribution in [1.29, 1.82) is 0 Å². The van der Waals surface area contributed by atoms with Crippen LogP contribution in [0.5, 0.6) is 0 Å². The lowest BCUT2D eigenvalue weighted by atomic mass is 10.2. The van der Waals surface area contributed by atoms with Crippen LogP contribution in [0.2, 0.25) is 0 Å². The second-order valence-corrected chi connectivity index (χ2v) is 7.59. The van der Waals surface area contributed by atoms with Gasteiger partial charge in [-0.2, -0.15) is 0 Å². The first-order valence-electron chi connectivity index (χ1n) is 6.03. The summed E-state index contributed by atoms with van der Waals surface area (Å²) in [5.74, 6) is 0. The normalized spacial score (nSPS) is 11.6. The Morgan fingerprint density at radius 3 is 2.40 bits per heavy atom. The quantitative estimate of drug-likeness (QED) is 0.939. The SMILES string of the molecule is Cc1cc(CN)cnc1Sc1ccc(S(C)(=O)=O)cc1. The summed E-state index contributed by atoms with van der Waals surface area (Å²) in [5, 5.41) is 0.898. The lowest BCUT2D eigenvalue weighted by Gasteiger charge is -2.07. The number of hydrogen-bond acceptors (Lipinski definition) is 5. The molecule has 0 bridgehead atoms. The monoisotopic (exact) mass is 308 g/mol. The van der Waals surface area contributed by atoms with Gasteiger partial charge in [0.25, 0.3) is 0 Å². The molecule has 1 aromatic carbocycles. The molecule has 4 nitrogen and oxygen atoms in total. The molecular weight excluding hydrogens is 292 g/mol. The van der Waals surface area contributed by atoms with E-state index in [4.69, 9.17) is 5.73 Å². The molecule has 1 aromatic heterocycles. The van der Waals surface area contributed by atoms with E-state index in [-0.39, 0.29) is 0 Å². The zero-order valence-electron chi connectivity index (χ0n) is 11.3. The average molecular weight is 308 g/mol. The summed E-state index contributed by atoms with van der Waals surface area (Å²) >= 11 is 1.51. The first kappa shape index (κ1) is 15.0. The van der Waals surface area contributed by atoms with Gasteiger partial charge in [-0.3, -0.25) is 0 Å². The molecule has 0 fully saturated rings. The van der Waals surface area contributed by atoms with Gasteiger partial charge in [0.15, 0.2) is 9.84 Å². The zero-order chi connectivity index (χ0) is 14.8. The molecule has 106 valence electrons. The van der Waals surface area contributed by atoms with E-state index >= 15 is 0 Å². The number of aryl methyl sites for hydroxylation is 1. The number of nitrogens with zero attached hydrogens (tertiary/aromatic N) is 1. The Kier molecular flexibility index (Phi) is 4.47. The Hall–Kier alpha value is -1.37. The number of sulfone groups is 1. The van der Waals surface area contributed by atoms with Crippen molar-refractivity contribution in [1.82, 2.24) is 4.98 Å². The Labute approximate surface area is 123 Å². The molecule has 0 aliphatic heterocycles. The number of aromatic nitrogens is 1. The number of hydrogen-bond donors (Lipinski definition) is 1. The van der Waals surface area contributed by atoms with Crippen LogP contribution >= 0.6 is 11.8 Å². The molecule has 6 heteroatoms. The van der Waals surface area contributed by atoms with Crippen LogP contribution < -0.4 is 5.73 Å². The van der Waals surface area contributed by atoms with Gasteiger partial charge in [0.1, 0.15) is 5.03 Å². The molecule has 1 heterocycles. The van der Waals surface area contributed by atoms with Crippen molar-refractivity contribution in [2.45, 2.75) is 28.3 Å². The minimum Gasteiger partial charge on any atom is -0.326 e. The molecule has 2 aromatic rings. The van der Waals surface area contributed by atoms with Gasteiger partial charge in [-0.15, -0.1) is 0 Å².